The smallest absolute Gasteiger partial charge is 0.276 e. The quantitative estimate of drug-likeness (QED) is 0.560. The largest absolute Gasteiger partial charge is 0.332 e. The molecule has 0 unspecified atom stereocenters. The van der Waals surface area contributed by atoms with Crippen molar-refractivity contribution in [3.8, 4) is 34.2 Å². The number of hydrogen-bond acceptors (Lipinski definition) is 4. The lowest BCUT2D eigenvalue weighted by Gasteiger charge is -2.01. The van der Waals surface area contributed by atoms with Gasteiger partial charge in [-0.05, 0) is 61.4 Å². The molecule has 6 heteroatoms. The molecule has 4 aromatic rings. The third-order valence-electron chi connectivity index (χ3n) is 4.14. The Morgan fingerprint density at radius 3 is 2.44 bits per heavy atom. The van der Waals surface area contributed by atoms with Crippen LogP contribution >= 0.6 is 11.6 Å². The Bertz CT molecular complexity index is 1030. The Hall–Kier alpha value is -2.92. The van der Waals surface area contributed by atoms with Gasteiger partial charge in [-0.1, -0.05) is 28.9 Å². The lowest BCUT2D eigenvalue weighted by Crippen LogP contribution is -1.83. The summed E-state index contributed by atoms with van der Waals surface area (Å²) in [4.78, 5) is 4.43. The minimum Gasteiger partial charge on any atom is -0.332 e. The number of rotatable bonds is 3. The average molecular weight is 351 g/mol. The number of nitrogens with zero attached hydrogens (tertiary/aromatic N) is 3. The minimum atomic E-state index is 0.396. The Balaban J connectivity index is 1.64. The molecule has 0 saturated heterocycles. The highest BCUT2D eigenvalue weighted by molar-refractivity contribution is 6.30. The van der Waals surface area contributed by atoms with E-state index in [4.69, 9.17) is 16.1 Å². The summed E-state index contributed by atoms with van der Waals surface area (Å²) in [6, 6.07) is 15.4. The van der Waals surface area contributed by atoms with Crippen LogP contribution in [0, 0.1) is 13.8 Å². The molecule has 124 valence electrons. The number of aromatic nitrogens is 4. The highest BCUT2D eigenvalue weighted by Gasteiger charge is 2.14. The molecule has 0 aliphatic heterocycles. The second-order valence-corrected chi connectivity index (χ2v) is 6.33. The second kappa shape index (κ2) is 6.18. The van der Waals surface area contributed by atoms with E-state index >= 15 is 0 Å². The fourth-order valence-corrected chi connectivity index (χ4v) is 2.65. The first kappa shape index (κ1) is 15.6. The van der Waals surface area contributed by atoms with Crippen molar-refractivity contribution in [1.82, 2.24) is 20.3 Å². The summed E-state index contributed by atoms with van der Waals surface area (Å²) in [7, 11) is 0. The van der Waals surface area contributed by atoms with Gasteiger partial charge in [0.15, 0.2) is 0 Å². The Morgan fingerprint density at radius 2 is 1.68 bits per heavy atom. The third kappa shape index (κ3) is 3.06. The van der Waals surface area contributed by atoms with Crippen LogP contribution in [-0.4, -0.2) is 20.3 Å². The van der Waals surface area contributed by atoms with Gasteiger partial charge >= 0.3 is 0 Å². The first-order valence-electron chi connectivity index (χ1n) is 7.83. The van der Waals surface area contributed by atoms with Crippen LogP contribution in [0.25, 0.3) is 34.2 Å². The first-order chi connectivity index (χ1) is 12.1. The van der Waals surface area contributed by atoms with Gasteiger partial charge < -0.3 is 4.52 Å². The number of hydrogen-bond donors (Lipinski definition) is 1. The van der Waals surface area contributed by atoms with Crippen LogP contribution in [0.2, 0.25) is 5.02 Å². The lowest BCUT2D eigenvalue weighted by atomic mass is 10.0. The predicted molar refractivity (Wildman–Crippen MR) is 97.2 cm³/mol. The van der Waals surface area contributed by atoms with Gasteiger partial charge in [-0.25, -0.2) is 0 Å². The molecule has 2 heterocycles. The molecule has 2 aromatic heterocycles. The number of aromatic amines is 1. The number of nitrogens with one attached hydrogen (secondary N) is 1. The molecule has 1 N–H and O–H groups in total. The van der Waals surface area contributed by atoms with Crippen LogP contribution in [0.5, 0.6) is 0 Å². The van der Waals surface area contributed by atoms with E-state index in [1.807, 2.05) is 18.2 Å². The van der Waals surface area contributed by atoms with E-state index in [0.717, 1.165) is 16.8 Å². The Morgan fingerprint density at radius 1 is 0.920 bits per heavy atom. The number of halogens is 1. The van der Waals surface area contributed by atoms with Crippen molar-refractivity contribution in [2.75, 3.05) is 0 Å². The van der Waals surface area contributed by atoms with Gasteiger partial charge in [0.2, 0.25) is 5.82 Å². The fourth-order valence-electron chi connectivity index (χ4n) is 2.53. The molecule has 0 amide bonds. The highest BCUT2D eigenvalue weighted by atomic mass is 35.5. The van der Waals surface area contributed by atoms with Crippen molar-refractivity contribution in [2.24, 2.45) is 0 Å². The Kier molecular flexibility index (Phi) is 3.86. The van der Waals surface area contributed by atoms with Gasteiger partial charge in [0, 0.05) is 16.1 Å². The third-order valence-corrected chi connectivity index (χ3v) is 4.39. The van der Waals surface area contributed by atoms with Crippen LogP contribution in [-0.2, 0) is 0 Å². The maximum atomic E-state index is 5.90. The molecular weight excluding hydrogens is 336 g/mol. The molecule has 0 saturated carbocycles. The maximum Gasteiger partial charge on any atom is 0.276 e. The molecule has 25 heavy (non-hydrogen) atoms. The molecule has 4 rings (SSSR count). The van der Waals surface area contributed by atoms with Crippen LogP contribution in [0.4, 0.5) is 0 Å². The molecule has 0 fully saturated rings. The second-order valence-electron chi connectivity index (χ2n) is 5.90. The normalized spacial score (nSPS) is 11.0. The first-order valence-corrected chi connectivity index (χ1v) is 8.21. The summed E-state index contributed by atoms with van der Waals surface area (Å²) in [5, 5.41) is 12.0. The molecule has 0 aliphatic carbocycles. The molecule has 0 aliphatic rings. The fraction of sp³-hybridized carbons (Fsp3) is 0.105. The van der Waals surface area contributed by atoms with Crippen LogP contribution in [0.3, 0.4) is 0 Å². The summed E-state index contributed by atoms with van der Waals surface area (Å²) < 4.78 is 5.36. The maximum absolute atomic E-state index is 5.90. The van der Waals surface area contributed by atoms with Gasteiger partial charge in [0.1, 0.15) is 5.69 Å². The monoisotopic (exact) mass is 350 g/mol. The van der Waals surface area contributed by atoms with Crippen LogP contribution < -0.4 is 0 Å². The topological polar surface area (TPSA) is 67.6 Å². The van der Waals surface area contributed by atoms with E-state index in [1.165, 1.54) is 11.1 Å². The summed E-state index contributed by atoms with van der Waals surface area (Å²) >= 11 is 5.90. The van der Waals surface area contributed by atoms with Crippen molar-refractivity contribution in [3.63, 3.8) is 0 Å². The number of H-pyrrole nitrogens is 1. The van der Waals surface area contributed by atoms with Crippen molar-refractivity contribution < 1.29 is 4.52 Å². The highest BCUT2D eigenvalue weighted by Crippen LogP contribution is 2.26. The van der Waals surface area contributed by atoms with E-state index in [0.29, 0.717) is 22.4 Å². The molecular formula is C19H15ClN4O. The molecule has 0 spiro atoms. The summed E-state index contributed by atoms with van der Waals surface area (Å²) in [5.74, 6) is 0.904. The van der Waals surface area contributed by atoms with Gasteiger partial charge in [0.25, 0.3) is 5.89 Å². The standard InChI is InChI=1S/C19H15ClN4O/c1-11-3-4-14(9-12(11)2)16-10-17(23-22-16)19-21-18(24-25-19)13-5-7-15(20)8-6-13/h3-10H,1-2H3,(H,22,23). The van der Waals surface area contributed by atoms with Crippen molar-refractivity contribution in [3.05, 3.63) is 64.7 Å². The lowest BCUT2D eigenvalue weighted by molar-refractivity contribution is 0.431. The van der Waals surface area contributed by atoms with E-state index < -0.39 is 0 Å². The summed E-state index contributed by atoms with van der Waals surface area (Å²) in [6.45, 7) is 4.18. The van der Waals surface area contributed by atoms with E-state index in [-0.39, 0.29) is 0 Å². The predicted octanol–water partition coefficient (Wildman–Crippen LogP) is 5.06. The van der Waals surface area contributed by atoms with Gasteiger partial charge in [-0.3, -0.25) is 5.10 Å². The minimum absolute atomic E-state index is 0.396. The molecule has 2 aromatic carbocycles. The zero-order valence-corrected chi connectivity index (χ0v) is 14.5. The van der Waals surface area contributed by atoms with E-state index in [1.54, 1.807) is 12.1 Å². The van der Waals surface area contributed by atoms with Crippen molar-refractivity contribution in [2.45, 2.75) is 13.8 Å². The molecule has 0 radical (unpaired) electrons. The molecule has 5 nitrogen and oxygen atoms in total. The molecule has 0 bridgehead atoms. The van der Waals surface area contributed by atoms with Gasteiger partial charge in [-0.2, -0.15) is 10.1 Å². The number of aryl methyl sites for hydroxylation is 2. The van der Waals surface area contributed by atoms with Gasteiger partial charge in [0.05, 0.1) is 5.69 Å². The zero-order valence-electron chi connectivity index (χ0n) is 13.7. The van der Waals surface area contributed by atoms with E-state index in [2.05, 4.69) is 52.4 Å². The summed E-state index contributed by atoms with van der Waals surface area (Å²) in [5.41, 5.74) is 5.88. The van der Waals surface area contributed by atoms with Gasteiger partial charge in [-0.15, -0.1) is 0 Å². The van der Waals surface area contributed by atoms with Crippen molar-refractivity contribution >= 4 is 11.6 Å². The van der Waals surface area contributed by atoms with Crippen LogP contribution in [0.1, 0.15) is 11.1 Å². The van der Waals surface area contributed by atoms with E-state index in [9.17, 15) is 0 Å². The number of benzene rings is 2. The Labute approximate surface area is 149 Å². The van der Waals surface area contributed by atoms with Crippen LogP contribution in [0.15, 0.2) is 53.1 Å². The zero-order chi connectivity index (χ0) is 17.4. The molecule has 0 atom stereocenters. The average Bonchev–Trinajstić information content (AvgIpc) is 3.27. The summed E-state index contributed by atoms with van der Waals surface area (Å²) in [6.07, 6.45) is 0. The SMILES string of the molecule is Cc1ccc(-c2cc(-c3nc(-c4ccc(Cl)cc4)no3)[nH]n2)cc1C. The van der Waals surface area contributed by atoms with Crippen molar-refractivity contribution in [1.29, 1.82) is 0 Å².